The second-order valence-corrected chi connectivity index (χ2v) is 13.0. The smallest absolute Gasteiger partial charge is 0.338 e. The van der Waals surface area contributed by atoms with Gasteiger partial charge in [0.1, 0.15) is 6.04 Å². The lowest BCUT2D eigenvalue weighted by Gasteiger charge is -2.29. The number of thioether (sulfide) groups is 1. The zero-order valence-corrected chi connectivity index (χ0v) is 28.2. The van der Waals surface area contributed by atoms with Gasteiger partial charge in [-0.3, -0.25) is 4.79 Å². The highest BCUT2D eigenvalue weighted by atomic mass is 79.9. The monoisotopic (exact) mass is 703 g/mol. The number of amides is 1. The molecule has 0 saturated carbocycles. The fourth-order valence-corrected chi connectivity index (χ4v) is 6.90. The number of hydrogen-bond acceptors (Lipinski definition) is 9. The van der Waals surface area contributed by atoms with Crippen LogP contribution < -0.4 is 14.8 Å². The van der Waals surface area contributed by atoms with Gasteiger partial charge in [0.2, 0.25) is 11.1 Å². The van der Waals surface area contributed by atoms with Crippen LogP contribution in [0.4, 0.5) is 5.95 Å². The van der Waals surface area contributed by atoms with Crippen LogP contribution in [0.1, 0.15) is 57.2 Å². The first-order valence-electron chi connectivity index (χ1n) is 14.5. The quantitative estimate of drug-likeness (QED) is 0.184. The third-order valence-electron chi connectivity index (χ3n) is 7.33. The minimum atomic E-state index is -0.686. The number of hydrogen-bond donors (Lipinski definition) is 1. The van der Waals surface area contributed by atoms with Crippen LogP contribution in [-0.4, -0.2) is 64.5 Å². The first-order valence-corrected chi connectivity index (χ1v) is 16.6. The Morgan fingerprint density at radius 2 is 1.93 bits per heavy atom. The molecule has 0 aliphatic carbocycles. The summed E-state index contributed by atoms with van der Waals surface area (Å²) in [6.07, 6.45) is 2.82. The van der Waals surface area contributed by atoms with E-state index in [0.717, 1.165) is 37.9 Å². The van der Waals surface area contributed by atoms with Crippen molar-refractivity contribution in [3.05, 3.63) is 68.3 Å². The van der Waals surface area contributed by atoms with Crippen LogP contribution in [0.5, 0.6) is 11.5 Å². The topological polar surface area (TPSA) is 108 Å². The summed E-state index contributed by atoms with van der Waals surface area (Å²) in [5.41, 5.74) is 2.65. The van der Waals surface area contributed by atoms with Crippen molar-refractivity contribution in [1.29, 1.82) is 0 Å². The van der Waals surface area contributed by atoms with Crippen LogP contribution in [0.15, 0.2) is 57.3 Å². The number of ether oxygens (including phenoxy) is 3. The number of halogens is 2. The number of rotatable bonds is 10. The van der Waals surface area contributed by atoms with Crippen LogP contribution in [0.25, 0.3) is 0 Å². The number of aromatic nitrogens is 3. The molecule has 5 rings (SSSR count). The molecule has 2 aromatic carbocycles. The summed E-state index contributed by atoms with van der Waals surface area (Å²) >= 11 is 11.4. The second-order valence-electron chi connectivity index (χ2n) is 10.8. The SMILES string of the molecule is COc1cc(C2C(C(=O)OC(C)C)=C(C)Nc3nc(SCc4ccccc4Cl)nn32)cc(Br)c1OCC(=O)N1CCCCC1. The van der Waals surface area contributed by atoms with Gasteiger partial charge in [0, 0.05) is 29.6 Å². The molecular weight excluding hydrogens is 670 g/mol. The number of fused-ring (bicyclic) bond motifs is 1. The number of allylic oxidation sites excluding steroid dienone is 1. The highest BCUT2D eigenvalue weighted by Crippen LogP contribution is 2.43. The zero-order valence-electron chi connectivity index (χ0n) is 25.1. The molecule has 1 saturated heterocycles. The number of anilines is 1. The highest BCUT2D eigenvalue weighted by Gasteiger charge is 2.36. The minimum absolute atomic E-state index is 0.0626. The fourth-order valence-electron chi connectivity index (χ4n) is 5.21. The van der Waals surface area contributed by atoms with Crippen molar-refractivity contribution in [2.24, 2.45) is 0 Å². The molecule has 0 spiro atoms. The molecule has 1 aromatic heterocycles. The third-order valence-corrected chi connectivity index (χ3v) is 9.17. The molecule has 3 aromatic rings. The molecule has 1 fully saturated rings. The molecule has 2 aliphatic heterocycles. The van der Waals surface area contributed by atoms with E-state index >= 15 is 0 Å². The molecular formula is C31H35BrClN5O5S. The second kappa shape index (κ2) is 14.3. The average Bonchev–Trinajstić information content (AvgIpc) is 3.41. The Kier molecular flexibility index (Phi) is 10.4. The molecule has 10 nitrogen and oxygen atoms in total. The molecule has 1 atom stereocenters. The van der Waals surface area contributed by atoms with Crippen molar-refractivity contribution < 1.29 is 23.8 Å². The molecule has 234 valence electrons. The lowest BCUT2D eigenvalue weighted by atomic mass is 9.95. The van der Waals surface area contributed by atoms with E-state index < -0.39 is 12.0 Å². The Hall–Kier alpha value is -3.22. The van der Waals surface area contributed by atoms with Gasteiger partial charge >= 0.3 is 5.97 Å². The summed E-state index contributed by atoms with van der Waals surface area (Å²) in [6, 6.07) is 10.6. The van der Waals surface area contributed by atoms with Gasteiger partial charge in [0.05, 0.1) is 23.3 Å². The van der Waals surface area contributed by atoms with Gasteiger partial charge in [-0.15, -0.1) is 5.10 Å². The average molecular weight is 705 g/mol. The summed E-state index contributed by atoms with van der Waals surface area (Å²) in [4.78, 5) is 32.8. The molecule has 0 bridgehead atoms. The molecule has 0 radical (unpaired) electrons. The van der Waals surface area contributed by atoms with E-state index in [2.05, 4.69) is 21.2 Å². The van der Waals surface area contributed by atoms with Gasteiger partial charge in [-0.2, -0.15) is 4.98 Å². The maximum atomic E-state index is 13.5. The number of piperidine rings is 1. The van der Waals surface area contributed by atoms with Crippen LogP contribution >= 0.6 is 39.3 Å². The van der Waals surface area contributed by atoms with E-state index in [1.165, 1.54) is 18.9 Å². The summed E-state index contributed by atoms with van der Waals surface area (Å²) in [6.45, 7) is 6.81. The number of carbonyl (C=O) groups excluding carboxylic acids is 2. The summed E-state index contributed by atoms with van der Waals surface area (Å²) < 4.78 is 19.6. The Balaban J connectivity index is 1.48. The highest BCUT2D eigenvalue weighted by molar-refractivity contribution is 9.10. The number of nitrogens with one attached hydrogen (secondary N) is 1. The van der Waals surface area contributed by atoms with Crippen molar-refractivity contribution in [2.75, 3.05) is 32.1 Å². The molecule has 1 amide bonds. The molecule has 3 heterocycles. The lowest BCUT2D eigenvalue weighted by Crippen LogP contribution is -2.38. The van der Waals surface area contributed by atoms with E-state index in [1.807, 2.05) is 42.2 Å². The van der Waals surface area contributed by atoms with Crippen LogP contribution in [0, 0.1) is 0 Å². The van der Waals surface area contributed by atoms with E-state index in [1.54, 1.807) is 24.6 Å². The maximum absolute atomic E-state index is 13.5. The number of likely N-dealkylation sites (tertiary alicyclic amines) is 1. The van der Waals surface area contributed by atoms with Gasteiger partial charge in [-0.05, 0) is 85.3 Å². The van der Waals surface area contributed by atoms with Crippen molar-refractivity contribution in [3.63, 3.8) is 0 Å². The molecule has 1 unspecified atom stereocenters. The van der Waals surface area contributed by atoms with E-state index in [9.17, 15) is 9.59 Å². The van der Waals surface area contributed by atoms with E-state index in [-0.39, 0.29) is 18.6 Å². The normalized spacial score (nSPS) is 16.4. The largest absolute Gasteiger partial charge is 0.493 e. The molecule has 13 heteroatoms. The van der Waals surface area contributed by atoms with E-state index in [4.69, 9.17) is 35.9 Å². The first-order chi connectivity index (χ1) is 21.2. The van der Waals surface area contributed by atoms with Crippen molar-refractivity contribution in [2.45, 2.75) is 63.1 Å². The van der Waals surface area contributed by atoms with Crippen LogP contribution in [-0.2, 0) is 20.1 Å². The number of carbonyl (C=O) groups is 2. The summed E-state index contributed by atoms with van der Waals surface area (Å²) in [5.74, 6) is 1.33. The van der Waals surface area contributed by atoms with Crippen molar-refractivity contribution >= 4 is 57.1 Å². The molecule has 1 N–H and O–H groups in total. The summed E-state index contributed by atoms with van der Waals surface area (Å²) in [7, 11) is 1.53. The standard InChI is InChI=1S/C31H35BrClN5O5S/c1-18(2)43-29(40)26-19(3)34-30-35-31(44-17-20-10-6-7-11-23(20)33)36-38(30)27(26)21-14-22(32)28(24(15-21)41-4)42-16-25(39)37-12-8-5-9-13-37/h6-7,10-11,14-15,18,27H,5,8-9,12-13,16-17H2,1-4H3,(H,34,35,36). The van der Waals surface area contributed by atoms with Gasteiger partial charge in [-0.1, -0.05) is 41.6 Å². The van der Waals surface area contributed by atoms with Gasteiger partial charge in [0.25, 0.3) is 5.91 Å². The van der Waals surface area contributed by atoms with Crippen LogP contribution in [0.3, 0.4) is 0 Å². The van der Waals surface area contributed by atoms with Gasteiger partial charge < -0.3 is 24.4 Å². The van der Waals surface area contributed by atoms with Gasteiger partial charge in [0.15, 0.2) is 18.1 Å². The Labute approximate surface area is 274 Å². The predicted octanol–water partition coefficient (Wildman–Crippen LogP) is 6.63. The van der Waals surface area contributed by atoms with Gasteiger partial charge in [-0.25, -0.2) is 9.48 Å². The fraction of sp³-hybridized carbons (Fsp3) is 0.419. The van der Waals surface area contributed by atoms with E-state index in [0.29, 0.717) is 54.7 Å². The molecule has 44 heavy (non-hydrogen) atoms. The maximum Gasteiger partial charge on any atom is 0.338 e. The number of benzene rings is 2. The Morgan fingerprint density at radius 3 is 2.64 bits per heavy atom. The zero-order chi connectivity index (χ0) is 31.4. The molecule has 2 aliphatic rings. The Bertz CT molecular complexity index is 1570. The third kappa shape index (κ3) is 7.18. The lowest BCUT2D eigenvalue weighted by molar-refractivity contribution is -0.143. The Morgan fingerprint density at radius 1 is 1.18 bits per heavy atom. The number of nitrogens with zero attached hydrogens (tertiary/aromatic N) is 4. The summed E-state index contributed by atoms with van der Waals surface area (Å²) in [5, 5.41) is 9.23. The number of methoxy groups -OCH3 is 1. The number of esters is 1. The van der Waals surface area contributed by atoms with Crippen LogP contribution in [0.2, 0.25) is 5.02 Å². The van der Waals surface area contributed by atoms with Crippen molar-refractivity contribution in [3.8, 4) is 11.5 Å². The first kappa shape index (κ1) is 32.2. The minimum Gasteiger partial charge on any atom is -0.493 e. The van der Waals surface area contributed by atoms with Crippen molar-refractivity contribution in [1.82, 2.24) is 19.7 Å². The predicted molar refractivity (Wildman–Crippen MR) is 173 cm³/mol.